The zero-order chi connectivity index (χ0) is 15.7. The summed E-state index contributed by atoms with van der Waals surface area (Å²) >= 11 is 0. The summed E-state index contributed by atoms with van der Waals surface area (Å²) in [5.41, 5.74) is 0.611. The van der Waals surface area contributed by atoms with Crippen LogP contribution in [-0.2, 0) is 0 Å². The Bertz CT molecular complexity index is 533. The number of carbonyl (C=O) groups is 1. The number of carbonyl (C=O) groups excluding carboxylic acids is 1. The third-order valence-electron chi connectivity index (χ3n) is 2.85. The summed E-state index contributed by atoms with van der Waals surface area (Å²) in [7, 11) is 3.99. The second kappa shape index (κ2) is 9.11. The zero-order valence-corrected chi connectivity index (χ0v) is 12.4. The van der Waals surface area contributed by atoms with Crippen molar-refractivity contribution in [3.8, 4) is 11.8 Å². The van der Waals surface area contributed by atoms with Gasteiger partial charge in [-0.25, -0.2) is 4.39 Å². The number of nitrogens with zero attached hydrogens (tertiary/aromatic N) is 1. The normalized spacial score (nSPS) is 10.1. The number of aliphatic hydroxyl groups is 1. The molecule has 0 spiro atoms. The molecule has 0 saturated carbocycles. The number of nitrogens with one attached hydrogen (secondary N) is 1. The van der Waals surface area contributed by atoms with E-state index in [1.807, 2.05) is 14.1 Å². The topological polar surface area (TPSA) is 52.6 Å². The number of benzene rings is 1. The van der Waals surface area contributed by atoms with Gasteiger partial charge < -0.3 is 15.3 Å². The van der Waals surface area contributed by atoms with Crippen molar-refractivity contribution in [3.05, 3.63) is 35.1 Å². The van der Waals surface area contributed by atoms with Crippen molar-refractivity contribution in [2.45, 2.75) is 12.8 Å². The van der Waals surface area contributed by atoms with Crippen LogP contribution < -0.4 is 5.32 Å². The zero-order valence-electron chi connectivity index (χ0n) is 12.4. The lowest BCUT2D eigenvalue weighted by molar-refractivity contribution is 0.0952. The van der Waals surface area contributed by atoms with Crippen LogP contribution in [0.2, 0.25) is 0 Å². The van der Waals surface area contributed by atoms with Crippen LogP contribution in [0.25, 0.3) is 0 Å². The molecule has 4 nitrogen and oxygen atoms in total. The number of unbranched alkanes of at least 4 members (excludes halogenated alkanes) is 1. The number of hydrogen-bond donors (Lipinski definition) is 2. The number of halogens is 1. The van der Waals surface area contributed by atoms with Crippen LogP contribution >= 0.6 is 0 Å². The van der Waals surface area contributed by atoms with Crippen molar-refractivity contribution in [3.63, 3.8) is 0 Å². The van der Waals surface area contributed by atoms with Crippen molar-refractivity contribution >= 4 is 5.91 Å². The van der Waals surface area contributed by atoms with Gasteiger partial charge in [0.05, 0.1) is 5.56 Å². The van der Waals surface area contributed by atoms with E-state index in [4.69, 9.17) is 5.11 Å². The molecule has 0 radical (unpaired) electrons. The molecule has 0 unspecified atom stereocenters. The quantitative estimate of drug-likeness (QED) is 0.613. The third kappa shape index (κ3) is 6.39. The average Bonchev–Trinajstić information content (AvgIpc) is 2.45. The Balaban J connectivity index is 2.62. The van der Waals surface area contributed by atoms with E-state index in [-0.39, 0.29) is 18.1 Å². The second-order valence-corrected chi connectivity index (χ2v) is 4.92. The first kappa shape index (κ1) is 17.2. The summed E-state index contributed by atoms with van der Waals surface area (Å²) in [5.74, 6) is 4.29. The Hall–Kier alpha value is -1.90. The van der Waals surface area contributed by atoms with Crippen LogP contribution in [0.4, 0.5) is 4.39 Å². The fraction of sp³-hybridized carbons (Fsp3) is 0.438. The molecule has 0 fully saturated rings. The number of hydrogen-bond acceptors (Lipinski definition) is 3. The van der Waals surface area contributed by atoms with E-state index in [0.717, 1.165) is 25.5 Å². The minimum absolute atomic E-state index is 0.198. The Morgan fingerprint density at radius 2 is 2.14 bits per heavy atom. The maximum atomic E-state index is 13.3. The highest BCUT2D eigenvalue weighted by atomic mass is 19.1. The van der Waals surface area contributed by atoms with Gasteiger partial charge in [0.25, 0.3) is 5.91 Å². The first-order valence-electron chi connectivity index (χ1n) is 6.87. The molecule has 0 aromatic heterocycles. The second-order valence-electron chi connectivity index (χ2n) is 4.92. The van der Waals surface area contributed by atoms with Gasteiger partial charge in [0.15, 0.2) is 0 Å². The van der Waals surface area contributed by atoms with Gasteiger partial charge in [0.2, 0.25) is 0 Å². The SMILES string of the molecule is CN(C)CCCCNC(=O)c1cc(F)ccc1C#CCO. The number of aliphatic hydroxyl groups excluding tert-OH is 1. The van der Waals surface area contributed by atoms with Gasteiger partial charge in [-0.2, -0.15) is 0 Å². The van der Waals surface area contributed by atoms with Crippen LogP contribution in [0.5, 0.6) is 0 Å². The molecule has 1 aromatic rings. The van der Waals surface area contributed by atoms with Crippen LogP contribution in [0.15, 0.2) is 18.2 Å². The summed E-state index contributed by atoms with van der Waals surface area (Å²) in [6.45, 7) is 1.20. The summed E-state index contributed by atoms with van der Waals surface area (Å²) in [6.07, 6.45) is 1.84. The smallest absolute Gasteiger partial charge is 0.252 e. The third-order valence-corrected chi connectivity index (χ3v) is 2.85. The average molecular weight is 292 g/mol. The summed E-state index contributed by atoms with van der Waals surface area (Å²) < 4.78 is 13.3. The Morgan fingerprint density at radius 3 is 2.81 bits per heavy atom. The molecule has 2 N–H and O–H groups in total. The molecule has 0 saturated heterocycles. The van der Waals surface area contributed by atoms with Crippen molar-refractivity contribution in [2.24, 2.45) is 0 Å². The molecular formula is C16H21FN2O2. The molecule has 1 aromatic carbocycles. The molecule has 0 heterocycles. The molecule has 1 rings (SSSR count). The van der Waals surface area contributed by atoms with E-state index in [2.05, 4.69) is 22.1 Å². The lowest BCUT2D eigenvalue weighted by atomic mass is 10.1. The first-order chi connectivity index (χ1) is 10.0. The van der Waals surface area contributed by atoms with E-state index in [1.54, 1.807) is 0 Å². The van der Waals surface area contributed by atoms with Gasteiger partial charge in [0, 0.05) is 12.1 Å². The fourth-order valence-corrected chi connectivity index (χ4v) is 1.80. The van der Waals surface area contributed by atoms with E-state index in [1.165, 1.54) is 12.1 Å². The highest BCUT2D eigenvalue weighted by Gasteiger charge is 2.11. The van der Waals surface area contributed by atoms with Crippen molar-refractivity contribution in [1.82, 2.24) is 10.2 Å². The van der Waals surface area contributed by atoms with E-state index < -0.39 is 5.82 Å². The Labute approximate surface area is 125 Å². The molecule has 0 bridgehead atoms. The summed E-state index contributed by atoms with van der Waals surface area (Å²) in [5, 5.41) is 11.5. The molecule has 21 heavy (non-hydrogen) atoms. The van der Waals surface area contributed by atoms with Crippen LogP contribution in [0.1, 0.15) is 28.8 Å². The Kier molecular flexibility index (Phi) is 7.44. The standard InChI is InChI=1S/C16H21FN2O2/c1-19(2)10-4-3-9-18-16(21)15-12-14(17)8-7-13(15)6-5-11-20/h7-8,12,20H,3-4,9-11H2,1-2H3,(H,18,21). The summed E-state index contributed by atoms with van der Waals surface area (Å²) in [6, 6.07) is 3.85. The van der Waals surface area contributed by atoms with Crippen molar-refractivity contribution < 1.29 is 14.3 Å². The van der Waals surface area contributed by atoms with Gasteiger partial charge in [-0.05, 0) is 51.7 Å². The highest BCUT2D eigenvalue weighted by Crippen LogP contribution is 2.10. The molecule has 1 amide bonds. The fourth-order valence-electron chi connectivity index (χ4n) is 1.80. The predicted octanol–water partition coefficient (Wildman–Crippen LogP) is 1.24. The minimum atomic E-state index is -0.484. The van der Waals surface area contributed by atoms with Gasteiger partial charge in [-0.3, -0.25) is 4.79 Å². The van der Waals surface area contributed by atoms with E-state index >= 15 is 0 Å². The van der Waals surface area contributed by atoms with Crippen LogP contribution in [0, 0.1) is 17.7 Å². The molecule has 0 aliphatic rings. The van der Waals surface area contributed by atoms with Crippen molar-refractivity contribution in [1.29, 1.82) is 0 Å². The maximum Gasteiger partial charge on any atom is 0.252 e. The van der Waals surface area contributed by atoms with Crippen molar-refractivity contribution in [2.75, 3.05) is 33.8 Å². The van der Waals surface area contributed by atoms with Gasteiger partial charge in [0.1, 0.15) is 12.4 Å². The van der Waals surface area contributed by atoms with E-state index in [0.29, 0.717) is 12.1 Å². The molecule has 5 heteroatoms. The van der Waals surface area contributed by atoms with E-state index in [9.17, 15) is 9.18 Å². The van der Waals surface area contributed by atoms with Crippen LogP contribution in [-0.4, -0.2) is 49.7 Å². The molecule has 0 aliphatic heterocycles. The minimum Gasteiger partial charge on any atom is -0.384 e. The Morgan fingerprint density at radius 1 is 1.38 bits per heavy atom. The number of amides is 1. The predicted molar refractivity (Wildman–Crippen MR) is 80.5 cm³/mol. The summed E-state index contributed by atoms with van der Waals surface area (Å²) in [4.78, 5) is 14.1. The van der Waals surface area contributed by atoms with Gasteiger partial charge >= 0.3 is 0 Å². The van der Waals surface area contributed by atoms with Crippen LogP contribution in [0.3, 0.4) is 0 Å². The molecule has 0 atom stereocenters. The molecule has 0 aliphatic carbocycles. The molecular weight excluding hydrogens is 271 g/mol. The maximum absolute atomic E-state index is 13.3. The highest BCUT2D eigenvalue weighted by molar-refractivity contribution is 5.96. The number of rotatable bonds is 6. The largest absolute Gasteiger partial charge is 0.384 e. The lowest BCUT2D eigenvalue weighted by Crippen LogP contribution is -2.26. The van der Waals surface area contributed by atoms with Gasteiger partial charge in [-0.1, -0.05) is 11.8 Å². The molecule has 114 valence electrons. The monoisotopic (exact) mass is 292 g/mol. The lowest BCUT2D eigenvalue weighted by Gasteiger charge is -2.10. The first-order valence-corrected chi connectivity index (χ1v) is 6.87. The van der Waals surface area contributed by atoms with Gasteiger partial charge in [-0.15, -0.1) is 0 Å².